The molecule has 10 nitrogen and oxygen atoms in total. The number of nitrogens with zero attached hydrogens (tertiary/aromatic N) is 3. The number of benzene rings is 3. The maximum atomic E-state index is 13.0. The van der Waals surface area contributed by atoms with Crippen molar-refractivity contribution in [1.29, 1.82) is 0 Å². The molecule has 2 aromatic heterocycles. The molecule has 0 aliphatic carbocycles. The highest BCUT2D eigenvalue weighted by atomic mass is 32.2. The van der Waals surface area contributed by atoms with Crippen LogP contribution in [0.1, 0.15) is 17.0 Å². The Kier molecular flexibility index (Phi) is 7.02. The molecule has 1 aliphatic rings. The average molecular weight is 557 g/mol. The quantitative estimate of drug-likeness (QED) is 0.270. The van der Waals surface area contributed by atoms with E-state index in [4.69, 9.17) is 18.7 Å². The Balaban J connectivity index is 1.10. The fourth-order valence-electron chi connectivity index (χ4n) is 4.10. The second-order valence-electron chi connectivity index (χ2n) is 8.98. The van der Waals surface area contributed by atoms with Gasteiger partial charge in [-0.05, 0) is 54.1 Å². The maximum Gasteiger partial charge on any atom is 0.262 e. The summed E-state index contributed by atoms with van der Waals surface area (Å²) in [6.07, 6.45) is 3.96. The van der Waals surface area contributed by atoms with Crippen LogP contribution in [0, 0.1) is 0 Å². The molecule has 202 valence electrons. The molecule has 0 atom stereocenters. The van der Waals surface area contributed by atoms with Gasteiger partial charge in [0.1, 0.15) is 25.6 Å². The molecule has 0 radical (unpaired) electrons. The Hall–Kier alpha value is -4.90. The van der Waals surface area contributed by atoms with Gasteiger partial charge in [-0.25, -0.2) is 8.42 Å². The summed E-state index contributed by atoms with van der Waals surface area (Å²) in [5, 5.41) is 4.09. The van der Waals surface area contributed by atoms with E-state index in [0.29, 0.717) is 54.8 Å². The predicted molar refractivity (Wildman–Crippen MR) is 146 cm³/mol. The lowest BCUT2D eigenvalue weighted by atomic mass is 10.1. The number of fused-ring (bicyclic) bond motifs is 1. The van der Waals surface area contributed by atoms with Gasteiger partial charge in [0.15, 0.2) is 17.3 Å². The Labute approximate surface area is 230 Å². The van der Waals surface area contributed by atoms with Crippen molar-refractivity contribution in [3.8, 4) is 28.7 Å². The lowest BCUT2D eigenvalue weighted by Gasteiger charge is -2.19. The summed E-state index contributed by atoms with van der Waals surface area (Å²) < 4.78 is 50.9. The highest BCUT2D eigenvalue weighted by Crippen LogP contribution is 2.33. The number of pyridine rings is 1. The third-order valence-electron chi connectivity index (χ3n) is 6.07. The molecule has 40 heavy (non-hydrogen) atoms. The summed E-state index contributed by atoms with van der Waals surface area (Å²) in [5.41, 5.74) is 2.92. The largest absolute Gasteiger partial charge is 0.489 e. The number of hydrogen-bond acceptors (Lipinski definition) is 9. The first-order valence-corrected chi connectivity index (χ1v) is 14.0. The van der Waals surface area contributed by atoms with Crippen molar-refractivity contribution in [2.24, 2.45) is 0 Å². The van der Waals surface area contributed by atoms with Gasteiger partial charge in [0.05, 0.1) is 4.90 Å². The van der Waals surface area contributed by atoms with Crippen molar-refractivity contribution in [1.82, 2.24) is 15.1 Å². The van der Waals surface area contributed by atoms with Gasteiger partial charge in [-0.3, -0.25) is 9.71 Å². The van der Waals surface area contributed by atoms with Gasteiger partial charge < -0.3 is 18.7 Å². The summed E-state index contributed by atoms with van der Waals surface area (Å²) in [7, 11) is -3.87. The van der Waals surface area contributed by atoms with Crippen LogP contribution in [-0.4, -0.2) is 36.8 Å². The predicted octanol–water partition coefficient (Wildman–Crippen LogP) is 4.87. The van der Waals surface area contributed by atoms with E-state index in [1.807, 2.05) is 36.4 Å². The van der Waals surface area contributed by atoms with Gasteiger partial charge in [-0.1, -0.05) is 29.4 Å². The first kappa shape index (κ1) is 25.4. The Bertz CT molecular complexity index is 1720. The molecule has 0 amide bonds. The summed E-state index contributed by atoms with van der Waals surface area (Å²) in [4.78, 5) is 8.65. The van der Waals surface area contributed by atoms with Crippen molar-refractivity contribution in [2.75, 3.05) is 17.9 Å². The van der Waals surface area contributed by atoms with E-state index in [0.717, 1.165) is 16.9 Å². The zero-order valence-electron chi connectivity index (χ0n) is 21.2. The molecule has 3 heterocycles. The summed E-state index contributed by atoms with van der Waals surface area (Å²) >= 11 is 0. The van der Waals surface area contributed by atoms with Crippen LogP contribution in [0.5, 0.6) is 17.2 Å². The van der Waals surface area contributed by atoms with Gasteiger partial charge >= 0.3 is 0 Å². The SMILES string of the molecule is O=S(=O)(Nc1cccc(-c2nc(Cc3ccc(OCc4cccnc4)cc3)no2)c1)c1ccc2c(c1)OCCO2. The minimum Gasteiger partial charge on any atom is -0.489 e. The van der Waals surface area contributed by atoms with Crippen LogP contribution in [0.15, 0.2) is 101 Å². The number of rotatable bonds is 9. The van der Waals surface area contributed by atoms with Crippen LogP contribution >= 0.6 is 0 Å². The zero-order chi connectivity index (χ0) is 27.4. The number of hydrogen-bond donors (Lipinski definition) is 1. The molecule has 0 fully saturated rings. The van der Waals surface area contributed by atoms with Crippen LogP contribution in [0.3, 0.4) is 0 Å². The fourth-order valence-corrected chi connectivity index (χ4v) is 5.16. The van der Waals surface area contributed by atoms with E-state index in [9.17, 15) is 8.42 Å². The third kappa shape index (κ3) is 5.89. The Morgan fingerprint density at radius 3 is 2.55 bits per heavy atom. The Morgan fingerprint density at radius 2 is 1.73 bits per heavy atom. The summed E-state index contributed by atoms with van der Waals surface area (Å²) in [5.74, 6) is 2.45. The topological polar surface area (TPSA) is 126 Å². The minimum atomic E-state index is -3.87. The van der Waals surface area contributed by atoms with Crippen LogP contribution in [-0.2, 0) is 23.1 Å². The Morgan fingerprint density at radius 1 is 0.875 bits per heavy atom. The maximum absolute atomic E-state index is 13.0. The number of aromatic nitrogens is 3. The van der Waals surface area contributed by atoms with Crippen molar-refractivity contribution in [3.63, 3.8) is 0 Å². The molecule has 1 aliphatic heterocycles. The fraction of sp³-hybridized carbons (Fsp3) is 0.138. The second kappa shape index (κ2) is 11.1. The molecule has 11 heteroatoms. The summed E-state index contributed by atoms with van der Waals surface area (Å²) in [6.45, 7) is 1.23. The van der Waals surface area contributed by atoms with Crippen molar-refractivity contribution >= 4 is 15.7 Å². The highest BCUT2D eigenvalue weighted by Gasteiger charge is 2.20. The molecule has 0 saturated heterocycles. The number of ether oxygens (including phenoxy) is 3. The van der Waals surface area contributed by atoms with E-state index in [-0.39, 0.29) is 10.8 Å². The van der Waals surface area contributed by atoms with Crippen LogP contribution in [0.25, 0.3) is 11.5 Å². The first-order chi connectivity index (χ1) is 19.5. The molecule has 5 aromatic rings. The van der Waals surface area contributed by atoms with Gasteiger partial charge in [0, 0.05) is 41.7 Å². The lowest BCUT2D eigenvalue weighted by molar-refractivity contribution is 0.171. The summed E-state index contributed by atoms with van der Waals surface area (Å²) in [6, 6.07) is 22.8. The minimum absolute atomic E-state index is 0.0655. The highest BCUT2D eigenvalue weighted by molar-refractivity contribution is 7.92. The van der Waals surface area contributed by atoms with Gasteiger partial charge in [-0.2, -0.15) is 4.98 Å². The third-order valence-corrected chi connectivity index (χ3v) is 7.45. The smallest absolute Gasteiger partial charge is 0.262 e. The van der Waals surface area contributed by atoms with Crippen molar-refractivity contribution in [2.45, 2.75) is 17.9 Å². The molecular weight excluding hydrogens is 532 g/mol. The molecule has 0 bridgehead atoms. The average Bonchev–Trinajstić information content (AvgIpc) is 3.45. The second-order valence-corrected chi connectivity index (χ2v) is 10.7. The molecule has 3 aromatic carbocycles. The molecule has 0 saturated carbocycles. The molecule has 1 N–H and O–H groups in total. The van der Waals surface area contributed by atoms with E-state index in [1.165, 1.54) is 12.1 Å². The zero-order valence-corrected chi connectivity index (χ0v) is 22.0. The normalized spacial score (nSPS) is 12.6. The van der Waals surface area contributed by atoms with Crippen molar-refractivity contribution in [3.05, 3.63) is 108 Å². The standard InChI is InChI=1S/C29H24N4O6S/c34-40(35,25-10-11-26-27(17-25)37-14-13-36-26)33-23-5-1-4-22(16-23)29-31-28(32-39-29)15-20-6-8-24(9-7-20)38-19-21-3-2-12-30-18-21/h1-12,16-18,33H,13-15,19H2. The molecular formula is C29H24N4O6S. The first-order valence-electron chi connectivity index (χ1n) is 12.5. The van der Waals surface area contributed by atoms with E-state index < -0.39 is 10.0 Å². The van der Waals surface area contributed by atoms with E-state index in [2.05, 4.69) is 19.8 Å². The van der Waals surface area contributed by atoms with Crippen LogP contribution in [0.4, 0.5) is 5.69 Å². The van der Waals surface area contributed by atoms with Crippen molar-refractivity contribution < 1.29 is 27.2 Å². The molecule has 0 unspecified atom stereocenters. The lowest BCUT2D eigenvalue weighted by Crippen LogP contribution is -2.17. The number of sulfonamides is 1. The monoisotopic (exact) mass is 556 g/mol. The van der Waals surface area contributed by atoms with Crippen LogP contribution < -0.4 is 18.9 Å². The molecule has 6 rings (SSSR count). The van der Waals surface area contributed by atoms with Crippen LogP contribution in [0.2, 0.25) is 0 Å². The number of nitrogens with one attached hydrogen (secondary N) is 1. The van der Waals surface area contributed by atoms with Gasteiger partial charge in [0.2, 0.25) is 0 Å². The van der Waals surface area contributed by atoms with E-state index in [1.54, 1.807) is 42.7 Å². The van der Waals surface area contributed by atoms with E-state index >= 15 is 0 Å². The number of anilines is 1. The molecule has 0 spiro atoms. The van der Waals surface area contributed by atoms with Gasteiger partial charge in [0.25, 0.3) is 15.9 Å². The van der Waals surface area contributed by atoms with Gasteiger partial charge in [-0.15, -0.1) is 0 Å².